The fourth-order valence-corrected chi connectivity index (χ4v) is 3.12. The first kappa shape index (κ1) is 18.0. The largest absolute Gasteiger partial charge is 0.305 e. The lowest BCUT2D eigenvalue weighted by Gasteiger charge is -2.14. The van der Waals surface area contributed by atoms with Crippen molar-refractivity contribution in [1.29, 1.82) is 0 Å². The summed E-state index contributed by atoms with van der Waals surface area (Å²) in [4.78, 5) is 15.5. The van der Waals surface area contributed by atoms with Crippen LogP contribution in [0.4, 0.5) is 0 Å². The quantitative estimate of drug-likeness (QED) is 0.539. The van der Waals surface area contributed by atoms with Crippen molar-refractivity contribution < 1.29 is 0 Å². The highest BCUT2D eigenvalue weighted by Gasteiger charge is 2.10. The van der Waals surface area contributed by atoms with E-state index < -0.39 is 0 Å². The Morgan fingerprint density at radius 1 is 0.964 bits per heavy atom. The molecule has 0 saturated carbocycles. The molecule has 28 heavy (non-hydrogen) atoms. The zero-order valence-electron chi connectivity index (χ0n) is 16.2. The summed E-state index contributed by atoms with van der Waals surface area (Å²) < 4.78 is 1.77. The molecule has 1 radical (unpaired) electrons. The number of hydrogen-bond acceptors (Lipinski definition) is 5. The Morgan fingerprint density at radius 3 is 2.54 bits per heavy atom. The molecule has 4 aromatic heterocycles. The Balaban J connectivity index is 1.66. The molecule has 4 aromatic rings. The molecule has 0 spiro atoms. The lowest BCUT2D eigenvalue weighted by molar-refractivity contribution is 0.403. The average Bonchev–Trinajstić information content (AvgIpc) is 3.15. The maximum atomic E-state index is 4.58. The molecule has 0 aliphatic carbocycles. The van der Waals surface area contributed by atoms with E-state index in [-0.39, 0.29) is 0 Å². The fourth-order valence-electron chi connectivity index (χ4n) is 3.12. The highest BCUT2D eigenvalue weighted by molar-refractivity contribution is 5.72. The number of rotatable bonds is 5. The molecule has 0 amide bonds. The van der Waals surface area contributed by atoms with Crippen LogP contribution in [0.3, 0.4) is 0 Å². The molecule has 0 unspecified atom stereocenters. The Hall–Kier alpha value is -3.38. The van der Waals surface area contributed by atoms with E-state index in [2.05, 4.69) is 57.2 Å². The van der Waals surface area contributed by atoms with E-state index in [1.165, 1.54) is 5.56 Å². The predicted octanol–water partition coefficient (Wildman–Crippen LogP) is 3.47. The van der Waals surface area contributed by atoms with E-state index in [0.717, 1.165) is 40.1 Å². The van der Waals surface area contributed by atoms with Crippen molar-refractivity contribution in [3.05, 3.63) is 73.2 Å². The summed E-state index contributed by atoms with van der Waals surface area (Å²) in [7, 11) is 6.01. The van der Waals surface area contributed by atoms with Gasteiger partial charge in [-0.2, -0.15) is 5.10 Å². The van der Waals surface area contributed by atoms with E-state index >= 15 is 0 Å². The van der Waals surface area contributed by atoms with Crippen molar-refractivity contribution in [2.24, 2.45) is 7.05 Å². The van der Waals surface area contributed by atoms with Crippen molar-refractivity contribution in [3.63, 3.8) is 0 Å². The average molecular weight is 369 g/mol. The first-order valence-electron chi connectivity index (χ1n) is 9.00. The Labute approximate surface area is 164 Å². The third-order valence-corrected chi connectivity index (χ3v) is 4.46. The van der Waals surface area contributed by atoms with E-state index in [1.54, 1.807) is 4.68 Å². The van der Waals surface area contributed by atoms with E-state index in [1.807, 2.05) is 56.5 Å². The van der Waals surface area contributed by atoms with E-state index in [4.69, 9.17) is 0 Å². The van der Waals surface area contributed by atoms with Gasteiger partial charge in [-0.25, -0.2) is 0 Å². The van der Waals surface area contributed by atoms with Crippen LogP contribution in [0.5, 0.6) is 0 Å². The summed E-state index contributed by atoms with van der Waals surface area (Å²) in [5.74, 6) is 0. The molecule has 0 aliphatic heterocycles. The molecule has 0 saturated heterocycles. The minimum absolute atomic E-state index is 0.764. The van der Waals surface area contributed by atoms with Gasteiger partial charge in [-0.3, -0.25) is 19.6 Å². The molecule has 6 nitrogen and oxygen atoms in total. The number of hydrogen-bond donors (Lipinski definition) is 0. The lowest BCUT2D eigenvalue weighted by Crippen LogP contribution is -2.11. The second-order valence-corrected chi connectivity index (χ2v) is 6.99. The van der Waals surface area contributed by atoms with Gasteiger partial charge in [-0.1, -0.05) is 0 Å². The van der Waals surface area contributed by atoms with Crippen molar-refractivity contribution in [3.8, 4) is 33.5 Å². The van der Waals surface area contributed by atoms with Gasteiger partial charge in [0.25, 0.3) is 0 Å². The SMILES string of the molecule is CN(C)Cc1ccncc1-c1cncc(-c2[c]cc(-c3cnn(C)c3)cn2)c1. The van der Waals surface area contributed by atoms with Gasteiger partial charge in [0.05, 0.1) is 11.9 Å². The molecule has 0 bridgehead atoms. The summed E-state index contributed by atoms with van der Waals surface area (Å²) in [5, 5.41) is 4.20. The normalized spacial score (nSPS) is 11.1. The van der Waals surface area contributed by atoms with Crippen LogP contribution in [-0.2, 0) is 13.6 Å². The van der Waals surface area contributed by atoms with Gasteiger partial charge in [-0.15, -0.1) is 0 Å². The zero-order valence-corrected chi connectivity index (χ0v) is 16.2. The molecule has 0 fully saturated rings. The maximum Gasteiger partial charge on any atom is 0.0797 e. The maximum absolute atomic E-state index is 4.58. The topological polar surface area (TPSA) is 59.7 Å². The van der Waals surface area contributed by atoms with Gasteiger partial charge in [0.1, 0.15) is 0 Å². The summed E-state index contributed by atoms with van der Waals surface area (Å²) in [6.45, 7) is 0.840. The van der Waals surface area contributed by atoms with Gasteiger partial charge in [0.2, 0.25) is 0 Å². The molecule has 0 N–H and O–H groups in total. The van der Waals surface area contributed by atoms with Crippen LogP contribution in [0.15, 0.2) is 61.6 Å². The molecular formula is C22H21N6. The summed E-state index contributed by atoms with van der Waals surface area (Å²) in [5.41, 5.74) is 7.01. The van der Waals surface area contributed by atoms with Crippen molar-refractivity contribution in [2.75, 3.05) is 14.1 Å². The van der Waals surface area contributed by atoms with Crippen LogP contribution in [0, 0.1) is 6.07 Å². The summed E-state index contributed by atoms with van der Waals surface area (Å²) in [6.07, 6.45) is 13.0. The molecule has 6 heteroatoms. The zero-order chi connectivity index (χ0) is 19.5. The number of aryl methyl sites for hydroxylation is 1. The van der Waals surface area contributed by atoms with Crippen LogP contribution >= 0.6 is 0 Å². The Morgan fingerprint density at radius 2 is 1.82 bits per heavy atom. The number of nitrogens with zero attached hydrogens (tertiary/aromatic N) is 6. The van der Waals surface area contributed by atoms with Gasteiger partial charge < -0.3 is 4.90 Å². The molecule has 0 aromatic carbocycles. The first-order valence-corrected chi connectivity index (χ1v) is 9.00. The fraction of sp³-hybridized carbons (Fsp3) is 0.182. The highest BCUT2D eigenvalue weighted by atomic mass is 15.2. The minimum atomic E-state index is 0.764. The standard InChI is InChI=1S/C22H21N6/c1-27(2)14-17-6-7-23-13-21(17)18-8-19(10-24-9-18)22-5-4-16(11-25-22)20-12-26-28(3)15-20/h4,6-13,15H,14H2,1-3H3. The van der Waals surface area contributed by atoms with Crippen molar-refractivity contribution >= 4 is 0 Å². The number of pyridine rings is 3. The Kier molecular flexibility index (Phi) is 4.95. The molecule has 4 rings (SSSR count). The molecule has 0 aliphatic rings. The van der Waals surface area contributed by atoms with Crippen LogP contribution < -0.4 is 0 Å². The molecule has 0 atom stereocenters. The van der Waals surface area contributed by atoms with E-state index in [9.17, 15) is 0 Å². The van der Waals surface area contributed by atoms with Crippen LogP contribution in [-0.4, -0.2) is 43.7 Å². The molecule has 139 valence electrons. The predicted molar refractivity (Wildman–Crippen MR) is 109 cm³/mol. The first-order chi connectivity index (χ1) is 13.6. The second-order valence-electron chi connectivity index (χ2n) is 6.99. The van der Waals surface area contributed by atoms with Crippen LogP contribution in [0.25, 0.3) is 33.5 Å². The minimum Gasteiger partial charge on any atom is -0.305 e. The molecular weight excluding hydrogens is 348 g/mol. The monoisotopic (exact) mass is 369 g/mol. The van der Waals surface area contributed by atoms with Gasteiger partial charge in [-0.05, 0) is 37.9 Å². The third kappa shape index (κ3) is 3.82. The lowest BCUT2D eigenvalue weighted by atomic mass is 10.0. The second kappa shape index (κ2) is 7.70. The van der Waals surface area contributed by atoms with Crippen molar-refractivity contribution in [1.82, 2.24) is 29.6 Å². The third-order valence-electron chi connectivity index (χ3n) is 4.46. The number of aromatic nitrogens is 5. The highest BCUT2D eigenvalue weighted by Crippen LogP contribution is 2.27. The van der Waals surface area contributed by atoms with Crippen LogP contribution in [0.2, 0.25) is 0 Å². The van der Waals surface area contributed by atoms with E-state index in [0.29, 0.717) is 0 Å². The van der Waals surface area contributed by atoms with Gasteiger partial charge in [0.15, 0.2) is 0 Å². The molecule has 4 heterocycles. The van der Waals surface area contributed by atoms with Crippen LogP contribution in [0.1, 0.15) is 5.56 Å². The van der Waals surface area contributed by atoms with Crippen molar-refractivity contribution in [2.45, 2.75) is 6.54 Å². The summed E-state index contributed by atoms with van der Waals surface area (Å²) in [6, 6.07) is 9.35. The Bertz CT molecular complexity index is 1080. The smallest absolute Gasteiger partial charge is 0.0797 e. The van der Waals surface area contributed by atoms with Gasteiger partial charge in [0, 0.05) is 84.7 Å². The summed E-state index contributed by atoms with van der Waals surface area (Å²) >= 11 is 0. The van der Waals surface area contributed by atoms with Gasteiger partial charge >= 0.3 is 0 Å².